The van der Waals surface area contributed by atoms with Crippen molar-refractivity contribution in [3.63, 3.8) is 0 Å². The Balaban J connectivity index is 1.57. The molecule has 5 rings (SSSR count). The van der Waals surface area contributed by atoms with Crippen molar-refractivity contribution in [2.24, 2.45) is 0 Å². The Kier molecular flexibility index (Phi) is 11.8. The third kappa shape index (κ3) is 8.56. The van der Waals surface area contributed by atoms with Gasteiger partial charge < -0.3 is 19.7 Å². The minimum atomic E-state index is -4.30. The second kappa shape index (κ2) is 16.2. The van der Waals surface area contributed by atoms with Crippen LogP contribution in [0.4, 0.5) is 5.69 Å². The molecule has 1 fully saturated rings. The molecule has 0 radical (unpaired) electrons. The lowest BCUT2D eigenvalue weighted by Gasteiger charge is -2.34. The first-order chi connectivity index (χ1) is 23.2. The number of anilines is 1. The van der Waals surface area contributed by atoms with Gasteiger partial charge in [0.25, 0.3) is 10.0 Å². The number of rotatable bonds is 14. The molecule has 1 aliphatic carbocycles. The predicted molar refractivity (Wildman–Crippen MR) is 190 cm³/mol. The second-order valence-electron chi connectivity index (χ2n) is 11.7. The summed E-state index contributed by atoms with van der Waals surface area (Å²) in [4.78, 5) is 30.3. The quantitative estimate of drug-likeness (QED) is 0.162. The molecule has 0 aliphatic heterocycles. The van der Waals surface area contributed by atoms with Crippen LogP contribution in [0.3, 0.4) is 0 Å². The lowest BCUT2D eigenvalue weighted by atomic mass is 10.0. The van der Waals surface area contributed by atoms with E-state index in [-0.39, 0.29) is 35.6 Å². The Hall–Kier alpha value is -4.35. The SMILES string of the molecule is COc1ccc(S(=O)(=O)N(CC(=O)N(Cc2cccc(Br)c2)[C@H](Cc2ccccc2)C(=O)NC2CCCC2)c2ccccc2)cc1OC. The van der Waals surface area contributed by atoms with Gasteiger partial charge in [0.1, 0.15) is 12.6 Å². The number of carbonyl (C=O) groups excluding carboxylic acids is 2. The van der Waals surface area contributed by atoms with Crippen LogP contribution < -0.4 is 19.1 Å². The molecular weight excluding hydrogens is 694 g/mol. The Bertz CT molecular complexity index is 1800. The summed E-state index contributed by atoms with van der Waals surface area (Å²) in [7, 11) is -1.41. The average Bonchev–Trinajstić information content (AvgIpc) is 3.62. The van der Waals surface area contributed by atoms with Crippen LogP contribution in [0.5, 0.6) is 11.5 Å². The van der Waals surface area contributed by atoms with E-state index in [1.807, 2.05) is 54.6 Å². The zero-order valence-electron chi connectivity index (χ0n) is 27.0. The number of hydrogen-bond donors (Lipinski definition) is 1. The van der Waals surface area contributed by atoms with E-state index in [1.54, 1.807) is 30.3 Å². The van der Waals surface area contributed by atoms with Crippen LogP contribution in [0.25, 0.3) is 0 Å². The third-order valence-corrected chi connectivity index (χ3v) is 10.7. The maximum atomic E-state index is 14.7. The smallest absolute Gasteiger partial charge is 0.264 e. The highest BCUT2D eigenvalue weighted by Gasteiger charge is 2.36. The number of nitrogens with one attached hydrogen (secondary N) is 1. The Morgan fingerprint density at radius 2 is 1.48 bits per heavy atom. The summed E-state index contributed by atoms with van der Waals surface area (Å²) in [5.74, 6) is -0.176. The highest BCUT2D eigenvalue weighted by molar-refractivity contribution is 9.10. The number of sulfonamides is 1. The van der Waals surface area contributed by atoms with E-state index in [0.717, 1.165) is 45.6 Å². The molecule has 4 aromatic rings. The summed E-state index contributed by atoms with van der Waals surface area (Å²) in [6.45, 7) is -0.455. The molecule has 1 atom stereocenters. The molecule has 0 spiro atoms. The van der Waals surface area contributed by atoms with Gasteiger partial charge in [0.05, 0.1) is 24.8 Å². The Morgan fingerprint density at radius 1 is 0.833 bits per heavy atom. The first kappa shape index (κ1) is 35.0. The fourth-order valence-corrected chi connectivity index (χ4v) is 7.86. The summed E-state index contributed by atoms with van der Waals surface area (Å²) < 4.78 is 41.3. The monoisotopic (exact) mass is 733 g/mol. The number of methoxy groups -OCH3 is 2. The molecule has 0 unspecified atom stereocenters. The molecule has 1 N–H and O–H groups in total. The summed E-state index contributed by atoms with van der Waals surface area (Å²) in [5.41, 5.74) is 1.98. The van der Waals surface area contributed by atoms with Crippen molar-refractivity contribution < 1.29 is 27.5 Å². The van der Waals surface area contributed by atoms with E-state index in [2.05, 4.69) is 21.2 Å². The number of nitrogens with zero attached hydrogens (tertiary/aromatic N) is 2. The fraction of sp³-hybridized carbons (Fsp3) is 0.297. The fourth-order valence-electron chi connectivity index (χ4n) is 5.98. The molecule has 1 aliphatic rings. The normalized spacial score (nSPS) is 13.8. The van der Waals surface area contributed by atoms with Crippen molar-refractivity contribution in [3.05, 3.63) is 119 Å². The number of halogens is 1. The molecule has 0 saturated heterocycles. The molecule has 11 heteroatoms. The van der Waals surface area contributed by atoms with Crippen LogP contribution in [-0.4, -0.2) is 58.0 Å². The first-order valence-corrected chi connectivity index (χ1v) is 18.1. The van der Waals surface area contributed by atoms with Crippen molar-refractivity contribution in [1.82, 2.24) is 10.2 Å². The van der Waals surface area contributed by atoms with E-state index in [1.165, 1.54) is 37.3 Å². The molecule has 0 heterocycles. The lowest BCUT2D eigenvalue weighted by molar-refractivity contribution is -0.140. The number of amides is 2. The van der Waals surface area contributed by atoms with Gasteiger partial charge in [-0.25, -0.2) is 8.42 Å². The Morgan fingerprint density at radius 3 is 2.12 bits per heavy atom. The third-order valence-electron chi connectivity index (χ3n) is 8.48. The van der Waals surface area contributed by atoms with Gasteiger partial charge in [0.2, 0.25) is 11.8 Å². The van der Waals surface area contributed by atoms with Crippen LogP contribution in [-0.2, 0) is 32.6 Å². The predicted octanol–water partition coefficient (Wildman–Crippen LogP) is 6.36. The zero-order chi connectivity index (χ0) is 34.1. The molecule has 1 saturated carbocycles. The van der Waals surface area contributed by atoms with Gasteiger partial charge in [0.15, 0.2) is 11.5 Å². The van der Waals surface area contributed by atoms with Gasteiger partial charge in [-0.3, -0.25) is 13.9 Å². The molecule has 9 nitrogen and oxygen atoms in total. The molecule has 2 amide bonds. The van der Waals surface area contributed by atoms with Crippen molar-refractivity contribution in [1.29, 1.82) is 0 Å². The van der Waals surface area contributed by atoms with Crippen molar-refractivity contribution in [2.75, 3.05) is 25.1 Å². The van der Waals surface area contributed by atoms with Gasteiger partial charge >= 0.3 is 0 Å². The van der Waals surface area contributed by atoms with Crippen LogP contribution in [0.2, 0.25) is 0 Å². The van der Waals surface area contributed by atoms with Crippen molar-refractivity contribution in [3.8, 4) is 11.5 Å². The van der Waals surface area contributed by atoms with Crippen LogP contribution in [0.1, 0.15) is 36.8 Å². The van der Waals surface area contributed by atoms with E-state index in [0.29, 0.717) is 11.4 Å². The molecular formula is C37H40BrN3O6S. The number of ether oxygens (including phenoxy) is 2. The maximum Gasteiger partial charge on any atom is 0.264 e. The highest BCUT2D eigenvalue weighted by atomic mass is 79.9. The van der Waals surface area contributed by atoms with Crippen LogP contribution in [0, 0.1) is 0 Å². The maximum absolute atomic E-state index is 14.7. The van der Waals surface area contributed by atoms with Gasteiger partial charge in [-0.15, -0.1) is 0 Å². The highest BCUT2D eigenvalue weighted by Crippen LogP contribution is 2.32. The van der Waals surface area contributed by atoms with E-state index in [4.69, 9.17) is 9.47 Å². The summed E-state index contributed by atoms with van der Waals surface area (Å²) in [5, 5.41) is 3.20. The second-order valence-corrected chi connectivity index (χ2v) is 14.5. The first-order valence-electron chi connectivity index (χ1n) is 15.9. The topological polar surface area (TPSA) is 105 Å². The molecule has 48 heavy (non-hydrogen) atoms. The Labute approximate surface area is 291 Å². The molecule has 252 valence electrons. The van der Waals surface area contributed by atoms with Gasteiger partial charge in [-0.2, -0.15) is 0 Å². The summed E-state index contributed by atoms with van der Waals surface area (Å²) >= 11 is 3.52. The number of carbonyl (C=O) groups is 2. The summed E-state index contributed by atoms with van der Waals surface area (Å²) in [6, 6.07) is 29.0. The minimum Gasteiger partial charge on any atom is -0.493 e. The molecule has 4 aromatic carbocycles. The van der Waals surface area contributed by atoms with Gasteiger partial charge in [0, 0.05) is 29.5 Å². The van der Waals surface area contributed by atoms with Crippen molar-refractivity contribution in [2.45, 2.75) is 55.6 Å². The number of hydrogen-bond acceptors (Lipinski definition) is 6. The molecule has 0 bridgehead atoms. The number of benzene rings is 4. The minimum absolute atomic E-state index is 0.0323. The largest absolute Gasteiger partial charge is 0.493 e. The van der Waals surface area contributed by atoms with E-state index in [9.17, 15) is 18.0 Å². The van der Waals surface area contributed by atoms with E-state index < -0.39 is 28.5 Å². The van der Waals surface area contributed by atoms with Crippen LogP contribution >= 0.6 is 15.9 Å². The molecule has 0 aromatic heterocycles. The number of para-hydroxylation sites is 1. The van der Waals surface area contributed by atoms with Gasteiger partial charge in [-0.1, -0.05) is 89.4 Å². The van der Waals surface area contributed by atoms with Crippen LogP contribution in [0.15, 0.2) is 112 Å². The van der Waals surface area contributed by atoms with Crippen molar-refractivity contribution >= 4 is 43.5 Å². The standard InChI is InChI=1S/C37H40BrN3O6S/c1-46-34-21-20-32(24-35(34)47-2)48(44,45)41(31-18-7-4-8-19-31)26-36(42)40(25-28-14-11-15-29(38)22-28)33(23-27-12-5-3-6-13-27)37(43)39-30-16-9-10-17-30/h3-8,11-15,18-22,24,30,33H,9-10,16-17,23,25-26H2,1-2H3,(H,39,43)/t33-/m1/s1. The lowest BCUT2D eigenvalue weighted by Crippen LogP contribution is -2.54. The zero-order valence-corrected chi connectivity index (χ0v) is 29.5. The van der Waals surface area contributed by atoms with E-state index >= 15 is 0 Å². The average molecular weight is 735 g/mol. The van der Waals surface area contributed by atoms with Gasteiger partial charge in [-0.05, 0) is 60.4 Å². The summed E-state index contributed by atoms with van der Waals surface area (Å²) in [6.07, 6.45) is 4.10.